The van der Waals surface area contributed by atoms with Crippen molar-refractivity contribution in [3.63, 3.8) is 0 Å². The minimum atomic E-state index is -4.50. The third-order valence-corrected chi connectivity index (χ3v) is 6.80. The number of hydrogen-bond acceptors (Lipinski definition) is 6. The topological polar surface area (TPSA) is 99.0 Å². The van der Waals surface area contributed by atoms with E-state index in [0.29, 0.717) is 41.8 Å². The van der Waals surface area contributed by atoms with Crippen LogP contribution in [0, 0.1) is 11.8 Å². The molecule has 220 valence electrons. The number of carboxylic acids is 1. The molecular formula is C29H32F4N4O4. The van der Waals surface area contributed by atoms with Crippen LogP contribution in [0.25, 0.3) is 10.9 Å². The number of carboxylic acid groups (broad SMARTS) is 1. The highest BCUT2D eigenvalue weighted by molar-refractivity contribution is 5.94. The first-order chi connectivity index (χ1) is 19.4. The number of benzene rings is 2. The summed E-state index contributed by atoms with van der Waals surface area (Å²) < 4.78 is 61.9. The highest BCUT2D eigenvalue weighted by Gasteiger charge is 2.32. The minimum Gasteiger partial charge on any atom is -0.495 e. The lowest BCUT2D eigenvalue weighted by atomic mass is 10.0. The van der Waals surface area contributed by atoms with E-state index in [4.69, 9.17) is 9.84 Å². The second-order valence-electron chi connectivity index (χ2n) is 10.0. The van der Waals surface area contributed by atoms with Gasteiger partial charge in [-0.15, -0.1) is 0 Å². The number of rotatable bonds is 9. The molecule has 1 fully saturated rings. The van der Waals surface area contributed by atoms with Crippen LogP contribution < -0.4 is 15.4 Å². The molecule has 1 aliphatic rings. The Morgan fingerprint density at radius 3 is 2.66 bits per heavy atom. The Morgan fingerprint density at radius 1 is 1.22 bits per heavy atom. The maximum Gasteiger partial charge on any atom is 0.406 e. The van der Waals surface area contributed by atoms with E-state index in [-0.39, 0.29) is 30.1 Å². The lowest BCUT2D eigenvalue weighted by Crippen LogP contribution is -2.49. The summed E-state index contributed by atoms with van der Waals surface area (Å²) in [6.07, 6.45) is -5.81. The maximum absolute atomic E-state index is 15.0. The summed E-state index contributed by atoms with van der Waals surface area (Å²) in [7, 11) is 1.39. The van der Waals surface area contributed by atoms with E-state index in [1.807, 2.05) is 4.90 Å². The quantitative estimate of drug-likeness (QED) is 0.219. The minimum absolute atomic E-state index is 0.0453. The molecule has 0 spiro atoms. The van der Waals surface area contributed by atoms with Gasteiger partial charge in [0, 0.05) is 30.7 Å². The van der Waals surface area contributed by atoms with Crippen LogP contribution in [0.5, 0.6) is 5.75 Å². The third-order valence-electron chi connectivity index (χ3n) is 6.80. The average molecular weight is 577 g/mol. The van der Waals surface area contributed by atoms with Crippen molar-refractivity contribution in [3.05, 3.63) is 53.7 Å². The van der Waals surface area contributed by atoms with Crippen molar-refractivity contribution in [1.29, 1.82) is 0 Å². The molecule has 12 heteroatoms. The van der Waals surface area contributed by atoms with Gasteiger partial charge in [0.1, 0.15) is 18.5 Å². The predicted molar refractivity (Wildman–Crippen MR) is 148 cm³/mol. The van der Waals surface area contributed by atoms with Crippen LogP contribution in [0.1, 0.15) is 29.4 Å². The summed E-state index contributed by atoms with van der Waals surface area (Å²) in [6, 6.07) is 10.2. The highest BCUT2D eigenvalue weighted by Crippen LogP contribution is 2.32. The summed E-state index contributed by atoms with van der Waals surface area (Å²) in [5.74, 6) is 4.82. The average Bonchev–Trinajstić information content (AvgIpc) is 3.24. The lowest BCUT2D eigenvalue weighted by molar-refractivity contribution is -0.140. The van der Waals surface area contributed by atoms with Gasteiger partial charge in [-0.3, -0.25) is 4.90 Å². The molecular weight excluding hydrogens is 544 g/mol. The standard InChI is InChI=1S/C29H32F4N4O4/c1-18(38)15-36-12-10-24(22(30)16-36)35-23-6-3-7-26-21(23)14-20(37(26)17-29(31,32)33)5-4-11-34-25-9-8-19(28(39)40)13-27(25)41-2/h3,6-9,13-14,18,22,24,34-35,38H,10-12,15-17H2,1-2H3,(H,39,40)/t18?,22-,24+/m0/s1. The Hall–Kier alpha value is -3.95. The van der Waals surface area contributed by atoms with Crippen LogP contribution in [0.2, 0.25) is 0 Å². The number of aliphatic hydroxyl groups is 1. The number of β-amino-alcohol motifs (C(OH)–C–C–N with tert-alkyl or cyclic N) is 1. The summed E-state index contributed by atoms with van der Waals surface area (Å²) in [6.45, 7) is 1.57. The Kier molecular flexibility index (Phi) is 9.30. The zero-order chi connectivity index (χ0) is 29.7. The van der Waals surface area contributed by atoms with Gasteiger partial charge in [0.15, 0.2) is 0 Å². The van der Waals surface area contributed by atoms with Crippen molar-refractivity contribution in [1.82, 2.24) is 9.47 Å². The summed E-state index contributed by atoms with van der Waals surface area (Å²) in [4.78, 5) is 13.0. The molecule has 3 aromatic rings. The Morgan fingerprint density at radius 2 is 2.00 bits per heavy atom. The predicted octanol–water partition coefficient (Wildman–Crippen LogP) is 4.58. The number of halogens is 4. The van der Waals surface area contributed by atoms with Crippen molar-refractivity contribution in [2.75, 3.05) is 43.9 Å². The largest absolute Gasteiger partial charge is 0.495 e. The molecule has 0 radical (unpaired) electrons. The number of likely N-dealkylation sites (tertiary alicyclic amines) is 1. The van der Waals surface area contributed by atoms with E-state index >= 15 is 0 Å². The smallest absolute Gasteiger partial charge is 0.406 e. The zero-order valence-corrected chi connectivity index (χ0v) is 22.6. The number of hydrogen-bond donors (Lipinski definition) is 4. The van der Waals surface area contributed by atoms with Gasteiger partial charge in [-0.2, -0.15) is 13.2 Å². The molecule has 3 atom stereocenters. The molecule has 2 aromatic carbocycles. The van der Waals surface area contributed by atoms with E-state index in [1.54, 1.807) is 31.2 Å². The van der Waals surface area contributed by atoms with Crippen molar-refractivity contribution >= 4 is 28.2 Å². The monoisotopic (exact) mass is 576 g/mol. The lowest BCUT2D eigenvalue weighted by Gasteiger charge is -2.36. The normalized spacial score (nSPS) is 18.4. The van der Waals surface area contributed by atoms with Gasteiger partial charge >= 0.3 is 12.1 Å². The van der Waals surface area contributed by atoms with Crippen LogP contribution in [-0.2, 0) is 6.54 Å². The number of piperidine rings is 1. The molecule has 2 heterocycles. The summed E-state index contributed by atoms with van der Waals surface area (Å²) in [5, 5.41) is 25.4. The van der Waals surface area contributed by atoms with E-state index < -0.39 is 37.0 Å². The Labute approximate surface area is 234 Å². The van der Waals surface area contributed by atoms with Crippen LogP contribution in [0.4, 0.5) is 28.9 Å². The number of alkyl halides is 4. The first kappa shape index (κ1) is 30.0. The molecule has 1 saturated heterocycles. The fourth-order valence-electron chi connectivity index (χ4n) is 4.98. The van der Waals surface area contributed by atoms with Gasteiger partial charge in [-0.05, 0) is 55.7 Å². The number of nitrogens with zero attached hydrogens (tertiary/aromatic N) is 2. The van der Waals surface area contributed by atoms with Gasteiger partial charge in [-0.1, -0.05) is 12.0 Å². The molecule has 8 nitrogen and oxygen atoms in total. The number of ether oxygens (including phenoxy) is 1. The Bertz CT molecular complexity index is 1440. The number of aromatic carboxylic acids is 1. The van der Waals surface area contributed by atoms with E-state index in [0.717, 1.165) is 4.57 Å². The van der Waals surface area contributed by atoms with Gasteiger partial charge in [0.05, 0.1) is 48.3 Å². The Balaban J connectivity index is 1.57. The first-order valence-electron chi connectivity index (χ1n) is 13.1. The van der Waals surface area contributed by atoms with Crippen molar-refractivity contribution < 1.29 is 37.3 Å². The molecule has 1 aliphatic heterocycles. The highest BCUT2D eigenvalue weighted by atomic mass is 19.4. The second kappa shape index (κ2) is 12.7. The van der Waals surface area contributed by atoms with Gasteiger partial charge in [0.2, 0.25) is 0 Å². The van der Waals surface area contributed by atoms with E-state index in [2.05, 4.69) is 22.5 Å². The molecule has 0 saturated carbocycles. The fourth-order valence-corrected chi connectivity index (χ4v) is 4.98. The molecule has 1 aromatic heterocycles. The summed E-state index contributed by atoms with van der Waals surface area (Å²) >= 11 is 0. The maximum atomic E-state index is 15.0. The number of aliphatic hydroxyl groups excluding tert-OH is 1. The van der Waals surface area contributed by atoms with E-state index in [1.165, 1.54) is 25.3 Å². The SMILES string of the molecule is COc1cc(C(=O)O)ccc1NCC#Cc1cc2c(N[C@@H]3CCN(CC(C)O)C[C@@H]3F)cccc2n1CC(F)(F)F. The molecule has 4 N–H and O–H groups in total. The number of nitrogens with one attached hydrogen (secondary N) is 2. The molecule has 0 aliphatic carbocycles. The van der Waals surface area contributed by atoms with Crippen molar-refractivity contribution in [2.24, 2.45) is 0 Å². The zero-order valence-electron chi connectivity index (χ0n) is 22.6. The van der Waals surface area contributed by atoms with Crippen molar-refractivity contribution in [2.45, 2.75) is 44.4 Å². The van der Waals surface area contributed by atoms with Crippen LogP contribution in [0.15, 0.2) is 42.5 Å². The number of aromatic nitrogens is 1. The molecule has 41 heavy (non-hydrogen) atoms. The van der Waals surface area contributed by atoms with Crippen LogP contribution >= 0.6 is 0 Å². The number of carbonyl (C=O) groups is 1. The fraction of sp³-hybridized carbons (Fsp3) is 0.414. The van der Waals surface area contributed by atoms with E-state index in [9.17, 15) is 27.5 Å². The van der Waals surface area contributed by atoms with Crippen molar-refractivity contribution in [3.8, 4) is 17.6 Å². The number of methoxy groups -OCH3 is 1. The van der Waals surface area contributed by atoms with Gasteiger partial charge in [0.25, 0.3) is 0 Å². The van der Waals surface area contributed by atoms with Crippen LogP contribution in [-0.4, -0.2) is 83.4 Å². The second-order valence-corrected chi connectivity index (χ2v) is 10.0. The first-order valence-corrected chi connectivity index (χ1v) is 13.1. The number of fused-ring (bicyclic) bond motifs is 1. The molecule has 1 unspecified atom stereocenters. The van der Waals surface area contributed by atoms with Gasteiger partial charge in [-0.25, -0.2) is 9.18 Å². The number of anilines is 2. The molecule has 4 rings (SSSR count). The summed E-state index contributed by atoms with van der Waals surface area (Å²) in [5.41, 5.74) is 1.51. The van der Waals surface area contributed by atoms with Gasteiger partial charge < -0.3 is 30.2 Å². The molecule has 0 bridgehead atoms. The third kappa shape index (κ3) is 7.62. The van der Waals surface area contributed by atoms with Crippen LogP contribution in [0.3, 0.4) is 0 Å². The molecule has 0 amide bonds.